The van der Waals surface area contributed by atoms with Crippen LogP contribution in [0.1, 0.15) is 0 Å². The number of para-hydroxylation sites is 3. The summed E-state index contributed by atoms with van der Waals surface area (Å²) in [5, 5.41) is 7.44. The van der Waals surface area contributed by atoms with Crippen LogP contribution < -0.4 is 0 Å². The summed E-state index contributed by atoms with van der Waals surface area (Å²) in [6, 6.07) is 84.6. The van der Waals surface area contributed by atoms with E-state index in [1.165, 1.54) is 80.5 Å². The van der Waals surface area contributed by atoms with Gasteiger partial charge in [0.1, 0.15) is 0 Å². The molecule has 0 amide bonds. The molecule has 4 heterocycles. The van der Waals surface area contributed by atoms with Crippen molar-refractivity contribution in [3.05, 3.63) is 237 Å². The third kappa shape index (κ3) is 6.49. The van der Waals surface area contributed by atoms with Gasteiger partial charge in [-0.1, -0.05) is 170 Å². The minimum absolute atomic E-state index is 0.632. The fraction of sp³-hybridized carbons (Fsp3) is 0. The molecule has 6 heteroatoms. The molecule has 0 atom stereocenters. The van der Waals surface area contributed by atoms with Crippen LogP contribution in [0.3, 0.4) is 0 Å². The van der Waals surface area contributed by atoms with Crippen LogP contribution in [0.15, 0.2) is 237 Å². The molecule has 0 saturated carbocycles. The molecule has 14 rings (SSSR count). The number of hydrogen-bond acceptors (Lipinski definition) is 4. The molecule has 322 valence electrons. The monoisotopic (exact) mass is 897 g/mol. The average molecular weight is 898 g/mol. The fourth-order valence-electron chi connectivity index (χ4n) is 10.4. The van der Waals surface area contributed by atoms with Gasteiger partial charge in [0.15, 0.2) is 17.5 Å². The maximum atomic E-state index is 5.10. The summed E-state index contributed by atoms with van der Waals surface area (Å²) in [5.74, 6) is 1.92. The highest BCUT2D eigenvalue weighted by molar-refractivity contribution is 7.26. The number of fused-ring (bicyclic) bond motifs is 9. The molecular formula is C63H39N5S. The van der Waals surface area contributed by atoms with Crippen LogP contribution in [0.25, 0.3) is 132 Å². The van der Waals surface area contributed by atoms with Gasteiger partial charge in [-0.2, -0.15) is 0 Å². The number of aromatic nitrogens is 5. The van der Waals surface area contributed by atoms with Gasteiger partial charge >= 0.3 is 0 Å². The summed E-state index contributed by atoms with van der Waals surface area (Å²) in [6.45, 7) is 0. The largest absolute Gasteiger partial charge is 0.309 e. The number of thiophene rings is 1. The van der Waals surface area contributed by atoms with E-state index in [4.69, 9.17) is 15.0 Å². The molecule has 10 aromatic carbocycles. The Bertz CT molecular complexity index is 4230. The smallest absolute Gasteiger partial charge is 0.164 e. The summed E-state index contributed by atoms with van der Waals surface area (Å²) >= 11 is 1.86. The normalized spacial score (nSPS) is 11.8. The van der Waals surface area contributed by atoms with E-state index < -0.39 is 0 Å². The first kappa shape index (κ1) is 39.2. The molecule has 0 unspecified atom stereocenters. The molecule has 14 aromatic rings. The van der Waals surface area contributed by atoms with Crippen LogP contribution in [0, 0.1) is 0 Å². The van der Waals surface area contributed by atoms with Gasteiger partial charge in [0.25, 0.3) is 0 Å². The Labute approximate surface area is 401 Å². The number of benzene rings is 10. The van der Waals surface area contributed by atoms with Crippen molar-refractivity contribution < 1.29 is 0 Å². The lowest BCUT2D eigenvalue weighted by atomic mass is 9.93. The molecule has 69 heavy (non-hydrogen) atoms. The van der Waals surface area contributed by atoms with Gasteiger partial charge in [0, 0.05) is 69.8 Å². The summed E-state index contributed by atoms with van der Waals surface area (Å²) in [4.78, 5) is 15.2. The summed E-state index contributed by atoms with van der Waals surface area (Å²) in [5.41, 5.74) is 14.5. The first-order valence-electron chi connectivity index (χ1n) is 23.3. The summed E-state index contributed by atoms with van der Waals surface area (Å²) < 4.78 is 7.34. The van der Waals surface area contributed by atoms with E-state index in [9.17, 15) is 0 Å². The lowest BCUT2D eigenvalue weighted by molar-refractivity contribution is 1.07. The topological polar surface area (TPSA) is 48.5 Å². The quantitative estimate of drug-likeness (QED) is 0.160. The molecule has 0 bridgehead atoms. The van der Waals surface area contributed by atoms with Crippen LogP contribution >= 0.6 is 11.3 Å². The van der Waals surface area contributed by atoms with Gasteiger partial charge in [0.2, 0.25) is 0 Å². The molecule has 0 aliphatic heterocycles. The highest BCUT2D eigenvalue weighted by Gasteiger charge is 2.21. The highest BCUT2D eigenvalue weighted by Crippen LogP contribution is 2.46. The zero-order chi connectivity index (χ0) is 45.4. The van der Waals surface area contributed by atoms with E-state index in [1.54, 1.807) is 0 Å². The SMILES string of the molecule is c1ccc(-c2cc(-c3cccc(-c4nc(-c5ccccc5)nc(-c5ccccc5)n4)c3)c3c(c2)sc2cc(-n4c5ccccc5c5cc6c7ccccc7n(-c7ccccc7)c6cc54)ccc23)cc1. The van der Waals surface area contributed by atoms with E-state index in [0.717, 1.165) is 33.6 Å². The van der Waals surface area contributed by atoms with Crippen LogP contribution in [0.4, 0.5) is 0 Å². The second-order valence-corrected chi connectivity index (χ2v) is 18.7. The van der Waals surface area contributed by atoms with Gasteiger partial charge in [-0.25, -0.2) is 15.0 Å². The predicted octanol–water partition coefficient (Wildman–Crippen LogP) is 16.8. The van der Waals surface area contributed by atoms with Gasteiger partial charge in [-0.3, -0.25) is 0 Å². The standard InChI is InChI=1S/C63H39N5S/c1-5-18-40(19-6-1)45-35-51(43-24-17-25-44(34-43)63-65-61(41-20-7-2-8-21-41)64-62(66-63)42-22-9-3-10-23-42)60-50-33-32-47(37-58(50)69-59(60)36-45)68-55-31-16-14-29-49(55)53-38-52-48-28-13-15-30-54(48)67(56(52)39-57(53)68)46-26-11-4-12-27-46/h1-39H. The summed E-state index contributed by atoms with van der Waals surface area (Å²) in [6.07, 6.45) is 0. The van der Waals surface area contributed by atoms with Gasteiger partial charge in [-0.05, 0) is 89.0 Å². The Kier molecular flexibility index (Phi) is 9.00. The Hall–Kier alpha value is -8.97. The van der Waals surface area contributed by atoms with Gasteiger partial charge < -0.3 is 9.13 Å². The van der Waals surface area contributed by atoms with Crippen molar-refractivity contribution in [2.45, 2.75) is 0 Å². The van der Waals surface area contributed by atoms with Crippen molar-refractivity contribution >= 4 is 75.1 Å². The maximum Gasteiger partial charge on any atom is 0.164 e. The van der Waals surface area contributed by atoms with E-state index in [0.29, 0.717) is 17.5 Å². The Morgan fingerprint density at radius 2 is 0.783 bits per heavy atom. The van der Waals surface area contributed by atoms with Crippen molar-refractivity contribution in [1.29, 1.82) is 0 Å². The molecule has 0 spiro atoms. The third-order valence-electron chi connectivity index (χ3n) is 13.5. The zero-order valence-electron chi connectivity index (χ0n) is 37.2. The van der Waals surface area contributed by atoms with Crippen LogP contribution in [-0.2, 0) is 0 Å². The van der Waals surface area contributed by atoms with Crippen molar-refractivity contribution in [2.24, 2.45) is 0 Å². The van der Waals surface area contributed by atoms with Crippen molar-refractivity contribution in [1.82, 2.24) is 24.1 Å². The van der Waals surface area contributed by atoms with Gasteiger partial charge in [-0.15, -0.1) is 11.3 Å². The Morgan fingerprint density at radius 3 is 1.41 bits per heavy atom. The van der Waals surface area contributed by atoms with Crippen molar-refractivity contribution in [2.75, 3.05) is 0 Å². The molecule has 0 aliphatic rings. The molecule has 5 nitrogen and oxygen atoms in total. The van der Waals surface area contributed by atoms with Crippen molar-refractivity contribution in [3.63, 3.8) is 0 Å². The van der Waals surface area contributed by atoms with Crippen LogP contribution in [0.2, 0.25) is 0 Å². The molecule has 0 saturated heterocycles. The lowest BCUT2D eigenvalue weighted by Gasteiger charge is -2.12. The highest BCUT2D eigenvalue weighted by atomic mass is 32.1. The Morgan fingerprint density at radius 1 is 0.275 bits per heavy atom. The summed E-state index contributed by atoms with van der Waals surface area (Å²) in [7, 11) is 0. The molecule has 0 aliphatic carbocycles. The third-order valence-corrected chi connectivity index (χ3v) is 14.6. The Balaban J connectivity index is 0.969. The van der Waals surface area contributed by atoms with E-state index in [1.807, 2.05) is 47.7 Å². The average Bonchev–Trinajstić information content (AvgIpc) is 4.07. The van der Waals surface area contributed by atoms with Crippen molar-refractivity contribution in [3.8, 4) is 67.8 Å². The van der Waals surface area contributed by atoms with E-state index >= 15 is 0 Å². The molecular weight excluding hydrogens is 859 g/mol. The van der Waals surface area contributed by atoms with E-state index in [-0.39, 0.29) is 0 Å². The van der Waals surface area contributed by atoms with Crippen LogP contribution in [0.5, 0.6) is 0 Å². The maximum absolute atomic E-state index is 5.10. The fourth-order valence-corrected chi connectivity index (χ4v) is 11.6. The second-order valence-electron chi connectivity index (χ2n) is 17.6. The molecule has 0 N–H and O–H groups in total. The number of hydrogen-bond donors (Lipinski definition) is 0. The zero-order valence-corrected chi connectivity index (χ0v) is 38.0. The minimum Gasteiger partial charge on any atom is -0.309 e. The molecule has 4 aromatic heterocycles. The lowest BCUT2D eigenvalue weighted by Crippen LogP contribution is -2.00. The number of rotatable bonds is 7. The number of nitrogens with zero attached hydrogens (tertiary/aromatic N) is 5. The first-order chi connectivity index (χ1) is 34.2. The first-order valence-corrected chi connectivity index (χ1v) is 24.1. The molecule has 0 radical (unpaired) electrons. The molecule has 0 fully saturated rings. The van der Waals surface area contributed by atoms with Crippen LogP contribution in [-0.4, -0.2) is 24.1 Å². The van der Waals surface area contributed by atoms with E-state index in [2.05, 4.69) is 209 Å². The minimum atomic E-state index is 0.632. The predicted molar refractivity (Wildman–Crippen MR) is 289 cm³/mol. The second kappa shape index (κ2) is 15.8. The van der Waals surface area contributed by atoms with Gasteiger partial charge in [0.05, 0.1) is 22.1 Å².